The molecule has 0 fully saturated rings. The van der Waals surface area contributed by atoms with Gasteiger partial charge in [0.1, 0.15) is 35.6 Å². The van der Waals surface area contributed by atoms with E-state index < -0.39 is 6.10 Å². The van der Waals surface area contributed by atoms with E-state index in [0.29, 0.717) is 22.5 Å². The minimum Gasteiger partial charge on any atom is -0.491 e. The number of hydrogen-bond acceptors (Lipinski definition) is 5. The van der Waals surface area contributed by atoms with Crippen molar-refractivity contribution in [3.8, 4) is 17.2 Å². The monoisotopic (exact) mass is 441 g/mol. The smallest absolute Gasteiger partial charge is 0.261 e. The van der Waals surface area contributed by atoms with Crippen molar-refractivity contribution in [1.29, 1.82) is 0 Å². The zero-order valence-corrected chi connectivity index (χ0v) is 18.1. The summed E-state index contributed by atoms with van der Waals surface area (Å²) in [5, 5.41) is 15.7. The van der Waals surface area contributed by atoms with Gasteiger partial charge >= 0.3 is 0 Å². The van der Waals surface area contributed by atoms with Crippen LogP contribution < -0.4 is 15.0 Å². The van der Waals surface area contributed by atoms with Crippen molar-refractivity contribution >= 4 is 16.6 Å². The number of nitrogens with zero attached hydrogens (tertiary/aromatic N) is 3. The lowest BCUT2D eigenvalue weighted by Gasteiger charge is -2.16. The molecule has 0 radical (unpaired) electrons. The maximum absolute atomic E-state index is 13.1. The summed E-state index contributed by atoms with van der Waals surface area (Å²) in [4.78, 5) is 13.1. The average molecular weight is 441 g/mol. The summed E-state index contributed by atoms with van der Waals surface area (Å²) in [6.07, 6.45) is -0.886. The highest BCUT2D eigenvalue weighted by molar-refractivity contribution is 5.80. The van der Waals surface area contributed by atoms with Gasteiger partial charge in [0.2, 0.25) is 0 Å². The van der Waals surface area contributed by atoms with Crippen LogP contribution in [0.1, 0.15) is 5.69 Å². The average Bonchev–Trinajstić information content (AvgIpc) is 3.23. The Hall–Kier alpha value is -4.10. The number of aromatic nitrogens is 3. The molecule has 0 amide bonds. The first-order valence-electron chi connectivity index (χ1n) is 10.7. The number of benzene rings is 3. The van der Waals surface area contributed by atoms with Gasteiger partial charge in [0, 0.05) is 6.07 Å². The second-order valence-electron chi connectivity index (χ2n) is 7.84. The lowest BCUT2D eigenvalue weighted by Crippen LogP contribution is -2.31. The van der Waals surface area contributed by atoms with E-state index in [9.17, 15) is 9.90 Å². The normalized spacial score (nSPS) is 12.2. The largest absolute Gasteiger partial charge is 0.491 e. The van der Waals surface area contributed by atoms with Crippen LogP contribution in [-0.2, 0) is 6.54 Å². The first-order chi connectivity index (χ1) is 16.1. The van der Waals surface area contributed by atoms with Crippen LogP contribution in [0.25, 0.3) is 16.6 Å². The van der Waals surface area contributed by atoms with Gasteiger partial charge in [-0.2, -0.15) is 5.10 Å². The summed E-state index contributed by atoms with van der Waals surface area (Å²) < 4.78 is 14.8. The van der Waals surface area contributed by atoms with Crippen LogP contribution in [0.2, 0.25) is 0 Å². The van der Waals surface area contributed by atoms with E-state index in [1.807, 2.05) is 61.5 Å². The van der Waals surface area contributed by atoms with Crippen LogP contribution in [0, 0.1) is 6.92 Å². The third-order valence-corrected chi connectivity index (χ3v) is 5.34. The molecular weight excluding hydrogens is 418 g/mol. The summed E-state index contributed by atoms with van der Waals surface area (Å²) in [6.45, 7) is 2.01. The van der Waals surface area contributed by atoms with E-state index in [1.165, 1.54) is 0 Å². The Morgan fingerprint density at radius 3 is 2.36 bits per heavy atom. The lowest BCUT2D eigenvalue weighted by atomic mass is 10.2. The predicted octanol–water partition coefficient (Wildman–Crippen LogP) is 4.19. The number of hydrogen-bond donors (Lipinski definition) is 1. The topological polar surface area (TPSA) is 78.0 Å². The molecule has 7 heteroatoms. The van der Waals surface area contributed by atoms with Crippen molar-refractivity contribution in [2.75, 3.05) is 6.61 Å². The molecule has 1 unspecified atom stereocenters. The number of ether oxygens (including phenoxy) is 2. The van der Waals surface area contributed by atoms with Crippen LogP contribution in [0.4, 0.5) is 0 Å². The van der Waals surface area contributed by atoms with E-state index in [1.54, 1.807) is 39.4 Å². The van der Waals surface area contributed by atoms with E-state index in [2.05, 4.69) is 5.10 Å². The number of aliphatic hydroxyl groups is 1. The van der Waals surface area contributed by atoms with Gasteiger partial charge in [0.25, 0.3) is 5.56 Å². The molecule has 5 aromatic rings. The fourth-order valence-corrected chi connectivity index (χ4v) is 3.80. The lowest BCUT2D eigenvalue weighted by molar-refractivity contribution is 0.0925. The van der Waals surface area contributed by atoms with Gasteiger partial charge in [-0.25, -0.2) is 4.52 Å². The predicted molar refractivity (Wildman–Crippen MR) is 126 cm³/mol. The first kappa shape index (κ1) is 20.8. The van der Waals surface area contributed by atoms with E-state index >= 15 is 0 Å². The van der Waals surface area contributed by atoms with Gasteiger partial charge in [-0.05, 0) is 55.5 Å². The molecule has 0 spiro atoms. The van der Waals surface area contributed by atoms with Crippen molar-refractivity contribution in [1.82, 2.24) is 14.2 Å². The van der Waals surface area contributed by atoms with Crippen molar-refractivity contribution < 1.29 is 14.6 Å². The molecule has 2 heterocycles. The Bertz CT molecular complexity index is 1460. The van der Waals surface area contributed by atoms with Gasteiger partial charge < -0.3 is 14.6 Å². The molecule has 2 aromatic heterocycles. The molecule has 0 aliphatic heterocycles. The maximum Gasteiger partial charge on any atom is 0.261 e. The van der Waals surface area contributed by atoms with Gasteiger partial charge in [0.15, 0.2) is 0 Å². The summed E-state index contributed by atoms with van der Waals surface area (Å²) in [6, 6.07) is 25.9. The molecule has 5 rings (SSSR count). The summed E-state index contributed by atoms with van der Waals surface area (Å²) in [5.74, 6) is 2.05. The molecule has 0 saturated heterocycles. The third-order valence-electron chi connectivity index (χ3n) is 5.34. The van der Waals surface area contributed by atoms with Gasteiger partial charge in [-0.1, -0.05) is 30.3 Å². The fourth-order valence-electron chi connectivity index (χ4n) is 3.80. The second-order valence-corrected chi connectivity index (χ2v) is 7.84. The minimum absolute atomic E-state index is 0.0391. The van der Waals surface area contributed by atoms with Gasteiger partial charge in [0.05, 0.1) is 23.1 Å². The summed E-state index contributed by atoms with van der Waals surface area (Å²) >= 11 is 0. The van der Waals surface area contributed by atoms with Gasteiger partial charge in [-0.3, -0.25) is 9.36 Å². The first-order valence-corrected chi connectivity index (χ1v) is 10.7. The molecule has 0 aliphatic rings. The van der Waals surface area contributed by atoms with Crippen LogP contribution >= 0.6 is 0 Å². The van der Waals surface area contributed by atoms with Gasteiger partial charge in [-0.15, -0.1) is 0 Å². The van der Waals surface area contributed by atoms with Crippen LogP contribution in [0.5, 0.6) is 17.2 Å². The fraction of sp³-hybridized carbons (Fsp3) is 0.154. The third kappa shape index (κ3) is 4.31. The summed E-state index contributed by atoms with van der Waals surface area (Å²) in [5.41, 5.74) is 2.01. The van der Waals surface area contributed by atoms with Crippen molar-refractivity contribution in [3.05, 3.63) is 101 Å². The van der Waals surface area contributed by atoms with Crippen LogP contribution in [0.15, 0.2) is 89.7 Å². The Kier molecular flexibility index (Phi) is 5.54. The zero-order chi connectivity index (χ0) is 22.8. The number of aryl methyl sites for hydroxylation is 1. The molecule has 166 valence electrons. The molecule has 0 bridgehead atoms. The molecule has 1 N–H and O–H groups in total. The zero-order valence-electron chi connectivity index (χ0n) is 18.1. The molecule has 1 atom stereocenters. The van der Waals surface area contributed by atoms with E-state index in [-0.39, 0.29) is 18.7 Å². The molecule has 7 nitrogen and oxygen atoms in total. The molecule has 0 saturated carbocycles. The molecule has 0 aliphatic carbocycles. The highest BCUT2D eigenvalue weighted by Gasteiger charge is 2.16. The van der Waals surface area contributed by atoms with Crippen molar-refractivity contribution in [3.63, 3.8) is 0 Å². The molecular formula is C26H23N3O4. The standard InChI is InChI=1S/C26H23N3O4/c1-18-15-25-28(26(31)23-9-5-6-10-24(23)29(25)27-18)16-19(30)17-32-20-11-13-22(14-12-20)33-21-7-3-2-4-8-21/h2-15,19,30H,16-17H2,1H3. The second kappa shape index (κ2) is 8.80. The Morgan fingerprint density at radius 1 is 0.909 bits per heavy atom. The van der Waals surface area contributed by atoms with E-state index in [4.69, 9.17) is 9.47 Å². The Balaban J connectivity index is 1.30. The maximum atomic E-state index is 13.1. The Morgan fingerprint density at radius 2 is 1.58 bits per heavy atom. The SMILES string of the molecule is Cc1cc2n(CC(O)COc3ccc(Oc4ccccc4)cc3)c(=O)c3ccccc3n2n1. The highest BCUT2D eigenvalue weighted by Crippen LogP contribution is 2.23. The minimum atomic E-state index is -0.886. The number of para-hydroxylation sites is 2. The van der Waals surface area contributed by atoms with Crippen molar-refractivity contribution in [2.24, 2.45) is 0 Å². The molecule has 33 heavy (non-hydrogen) atoms. The quantitative estimate of drug-likeness (QED) is 0.410. The van der Waals surface area contributed by atoms with Crippen molar-refractivity contribution in [2.45, 2.75) is 19.6 Å². The number of aliphatic hydroxyl groups excluding tert-OH is 1. The number of rotatable bonds is 7. The molecule has 3 aromatic carbocycles. The highest BCUT2D eigenvalue weighted by atomic mass is 16.5. The number of fused-ring (bicyclic) bond motifs is 3. The van der Waals surface area contributed by atoms with Crippen LogP contribution in [0.3, 0.4) is 0 Å². The van der Waals surface area contributed by atoms with Crippen LogP contribution in [-0.4, -0.2) is 32.0 Å². The van der Waals surface area contributed by atoms with E-state index in [0.717, 1.165) is 17.0 Å². The summed E-state index contributed by atoms with van der Waals surface area (Å²) in [7, 11) is 0. The Labute approximate surface area is 190 Å².